The molecule has 3 aliphatic rings. The molecule has 1 aromatic carbocycles. The monoisotopic (exact) mass is 506 g/mol. The Labute approximate surface area is 212 Å². The Balaban J connectivity index is 1.07. The van der Waals surface area contributed by atoms with Crippen molar-refractivity contribution < 1.29 is 19.1 Å². The van der Waals surface area contributed by atoms with Crippen molar-refractivity contribution in [3.8, 4) is 5.88 Å². The van der Waals surface area contributed by atoms with E-state index in [4.69, 9.17) is 9.47 Å². The minimum absolute atomic E-state index is 0.0315. The number of benzene rings is 1. The molecular weight excluding hydrogens is 480 g/mol. The number of fused-ring (bicyclic) bond motifs is 2. The molecule has 5 heterocycles. The first kappa shape index (κ1) is 22.9. The van der Waals surface area contributed by atoms with Crippen molar-refractivity contribution in [1.29, 1.82) is 0 Å². The summed E-state index contributed by atoms with van der Waals surface area (Å²) in [6, 6.07) is 11.7. The predicted molar refractivity (Wildman–Crippen MR) is 138 cm³/mol. The van der Waals surface area contributed by atoms with E-state index in [9.17, 15) is 9.59 Å². The fourth-order valence-corrected chi connectivity index (χ4v) is 5.67. The van der Waals surface area contributed by atoms with Crippen LogP contribution in [-0.2, 0) is 9.53 Å². The molecule has 6 rings (SSSR count). The molecule has 2 N–H and O–H groups in total. The first-order chi connectivity index (χ1) is 17.6. The van der Waals surface area contributed by atoms with Gasteiger partial charge in [-0.2, -0.15) is 0 Å². The van der Waals surface area contributed by atoms with E-state index in [0.29, 0.717) is 24.7 Å². The van der Waals surface area contributed by atoms with E-state index in [1.54, 1.807) is 12.0 Å². The summed E-state index contributed by atoms with van der Waals surface area (Å²) in [6.07, 6.45) is 2.16. The number of rotatable bonds is 6. The van der Waals surface area contributed by atoms with Gasteiger partial charge in [0.05, 0.1) is 36.3 Å². The van der Waals surface area contributed by atoms with Gasteiger partial charge in [-0.3, -0.25) is 14.7 Å². The number of pyridine rings is 2. The number of carbonyl (C=O) groups excluding carboxylic acids is 2. The number of nitrogens with one attached hydrogen (secondary N) is 2. The molecule has 2 fully saturated rings. The summed E-state index contributed by atoms with van der Waals surface area (Å²) in [6.45, 7) is 2.75. The quantitative estimate of drug-likeness (QED) is 0.522. The van der Waals surface area contributed by atoms with Crippen molar-refractivity contribution in [3.05, 3.63) is 42.6 Å². The third-order valence-electron chi connectivity index (χ3n) is 6.69. The fraction of sp³-hybridized carbons (Fsp3) is 0.360. The molecule has 36 heavy (non-hydrogen) atoms. The number of ether oxygens (including phenoxy) is 2. The van der Waals surface area contributed by atoms with Crippen molar-refractivity contribution in [1.82, 2.24) is 15.3 Å². The smallest absolute Gasteiger partial charge is 0.414 e. The highest BCUT2D eigenvalue weighted by Crippen LogP contribution is 2.35. The molecule has 2 saturated heterocycles. The molecular formula is C25H26N6O4S. The summed E-state index contributed by atoms with van der Waals surface area (Å²) in [5.41, 5.74) is 4.17. The lowest BCUT2D eigenvalue weighted by Gasteiger charge is -2.21. The van der Waals surface area contributed by atoms with Crippen molar-refractivity contribution in [2.45, 2.75) is 23.5 Å². The van der Waals surface area contributed by atoms with E-state index in [2.05, 4.69) is 25.5 Å². The average molecular weight is 507 g/mol. The molecule has 0 unspecified atom stereocenters. The molecule has 2 aromatic heterocycles. The van der Waals surface area contributed by atoms with Crippen LogP contribution in [0.3, 0.4) is 0 Å². The molecule has 3 aromatic rings. The van der Waals surface area contributed by atoms with Gasteiger partial charge in [0.15, 0.2) is 0 Å². The largest absolute Gasteiger partial charge is 0.481 e. The summed E-state index contributed by atoms with van der Waals surface area (Å²) < 4.78 is 10.9. The van der Waals surface area contributed by atoms with E-state index in [-0.39, 0.29) is 24.1 Å². The van der Waals surface area contributed by atoms with E-state index in [1.165, 1.54) is 11.8 Å². The molecule has 0 spiro atoms. The van der Waals surface area contributed by atoms with Crippen LogP contribution in [0.2, 0.25) is 0 Å². The summed E-state index contributed by atoms with van der Waals surface area (Å²) >= 11 is 1.50. The zero-order chi connectivity index (χ0) is 24.6. The number of anilines is 3. The van der Waals surface area contributed by atoms with Gasteiger partial charge < -0.3 is 25.0 Å². The summed E-state index contributed by atoms with van der Waals surface area (Å²) in [5, 5.41) is 6.45. The van der Waals surface area contributed by atoms with Gasteiger partial charge in [0, 0.05) is 48.5 Å². The van der Waals surface area contributed by atoms with E-state index in [0.717, 1.165) is 52.5 Å². The number of nitrogens with zero attached hydrogens (tertiary/aromatic N) is 4. The van der Waals surface area contributed by atoms with Gasteiger partial charge in [-0.15, -0.1) is 11.8 Å². The van der Waals surface area contributed by atoms with Gasteiger partial charge in [0.25, 0.3) is 0 Å². The van der Waals surface area contributed by atoms with Crippen LogP contribution in [0, 0.1) is 0 Å². The fourth-order valence-electron chi connectivity index (χ4n) is 4.88. The summed E-state index contributed by atoms with van der Waals surface area (Å²) in [4.78, 5) is 38.3. The lowest BCUT2D eigenvalue weighted by molar-refractivity contribution is -0.113. The molecule has 2 atom stereocenters. The lowest BCUT2D eigenvalue weighted by Crippen LogP contribution is -2.39. The van der Waals surface area contributed by atoms with Crippen molar-refractivity contribution in [2.75, 3.05) is 54.2 Å². The molecule has 0 aliphatic carbocycles. The van der Waals surface area contributed by atoms with Crippen LogP contribution >= 0.6 is 11.8 Å². The number of amides is 2. The molecule has 0 radical (unpaired) electrons. The van der Waals surface area contributed by atoms with Crippen LogP contribution in [0.4, 0.5) is 21.9 Å². The molecule has 2 amide bonds. The highest BCUT2D eigenvalue weighted by Gasteiger charge is 2.34. The van der Waals surface area contributed by atoms with E-state index in [1.807, 2.05) is 42.6 Å². The van der Waals surface area contributed by atoms with Crippen molar-refractivity contribution >= 4 is 51.9 Å². The number of cyclic esters (lactones) is 1. The third kappa shape index (κ3) is 4.40. The Morgan fingerprint density at radius 1 is 1.22 bits per heavy atom. The van der Waals surface area contributed by atoms with Gasteiger partial charge in [-0.1, -0.05) is 0 Å². The van der Waals surface area contributed by atoms with E-state index >= 15 is 0 Å². The Bertz CT molecular complexity index is 1340. The number of hydrogen-bond donors (Lipinski definition) is 2. The van der Waals surface area contributed by atoms with Crippen molar-refractivity contribution in [3.63, 3.8) is 0 Å². The van der Waals surface area contributed by atoms with E-state index < -0.39 is 0 Å². The molecule has 11 heteroatoms. The Kier molecular flexibility index (Phi) is 6.02. The average Bonchev–Trinajstić information content (AvgIpc) is 3.52. The summed E-state index contributed by atoms with van der Waals surface area (Å²) in [5.74, 6) is 0.946. The SMILES string of the molecule is COc1ccc2nccc(N3CC[C@H](NC[C@@H]4CN(c5ccc6c(c5)NC(=O)CS6)C(=O)O4)C3)c2n1. The van der Waals surface area contributed by atoms with Crippen LogP contribution in [0.1, 0.15) is 6.42 Å². The highest BCUT2D eigenvalue weighted by molar-refractivity contribution is 8.00. The zero-order valence-electron chi connectivity index (χ0n) is 19.8. The lowest BCUT2D eigenvalue weighted by atomic mass is 10.2. The number of carbonyl (C=O) groups is 2. The number of methoxy groups -OCH3 is 1. The second kappa shape index (κ2) is 9.47. The summed E-state index contributed by atoms with van der Waals surface area (Å²) in [7, 11) is 1.61. The first-order valence-corrected chi connectivity index (χ1v) is 12.9. The van der Waals surface area contributed by atoms with Crippen LogP contribution < -0.4 is 25.2 Å². The molecule has 0 bridgehead atoms. The van der Waals surface area contributed by atoms with Gasteiger partial charge >= 0.3 is 6.09 Å². The maximum atomic E-state index is 12.6. The van der Waals surface area contributed by atoms with Crippen molar-refractivity contribution in [2.24, 2.45) is 0 Å². The minimum atomic E-state index is -0.368. The Morgan fingerprint density at radius 3 is 3.03 bits per heavy atom. The van der Waals surface area contributed by atoms with Crippen LogP contribution in [0.5, 0.6) is 5.88 Å². The number of thioether (sulfide) groups is 1. The third-order valence-corrected chi connectivity index (χ3v) is 7.76. The molecule has 3 aliphatic heterocycles. The van der Waals surface area contributed by atoms with Gasteiger partial charge in [0.1, 0.15) is 11.6 Å². The van der Waals surface area contributed by atoms with Crippen LogP contribution in [0.15, 0.2) is 47.5 Å². The Hall–Kier alpha value is -3.57. The number of aromatic nitrogens is 2. The standard InChI is InChI=1S/C25H26N6O4S/c1-34-23-5-3-18-24(29-23)20(6-8-26-18)30-9-7-15(12-30)27-11-17-13-31(25(33)35-17)16-2-4-21-19(10-16)28-22(32)14-36-21/h2-6,8,10,15,17,27H,7,9,11-14H2,1H3,(H,28,32)/t15-,17+/m0/s1. The zero-order valence-corrected chi connectivity index (χ0v) is 20.6. The molecule has 10 nitrogen and oxygen atoms in total. The first-order valence-electron chi connectivity index (χ1n) is 11.9. The molecule has 0 saturated carbocycles. The van der Waals surface area contributed by atoms with Gasteiger partial charge in [-0.25, -0.2) is 9.78 Å². The second-order valence-electron chi connectivity index (χ2n) is 9.02. The molecule has 186 valence electrons. The Morgan fingerprint density at radius 2 is 2.14 bits per heavy atom. The van der Waals surface area contributed by atoms with Crippen LogP contribution in [0.25, 0.3) is 11.0 Å². The number of hydrogen-bond acceptors (Lipinski definition) is 9. The normalized spacial score (nSPS) is 21.5. The van der Waals surface area contributed by atoms with Gasteiger partial charge in [0.2, 0.25) is 11.8 Å². The highest BCUT2D eigenvalue weighted by atomic mass is 32.2. The van der Waals surface area contributed by atoms with Crippen LogP contribution in [-0.4, -0.2) is 73.2 Å². The maximum Gasteiger partial charge on any atom is 0.414 e. The van der Waals surface area contributed by atoms with Gasteiger partial charge in [-0.05, 0) is 36.8 Å². The second-order valence-corrected chi connectivity index (χ2v) is 10.0. The minimum Gasteiger partial charge on any atom is -0.481 e. The predicted octanol–water partition coefficient (Wildman–Crippen LogP) is 2.88. The topological polar surface area (TPSA) is 109 Å². The maximum absolute atomic E-state index is 12.6.